The van der Waals surface area contributed by atoms with Gasteiger partial charge in [0.15, 0.2) is 0 Å². The molecule has 0 aliphatic heterocycles. The van der Waals surface area contributed by atoms with Gasteiger partial charge in [-0.1, -0.05) is 12.1 Å². The number of carbonyl (C=O) groups is 1. The molecule has 1 fully saturated rings. The van der Waals surface area contributed by atoms with Crippen molar-refractivity contribution in [3.05, 3.63) is 60.7 Å². The molecule has 0 spiro atoms. The number of hydrogen-bond acceptors (Lipinski definition) is 5. The zero-order chi connectivity index (χ0) is 22.8. The van der Waals surface area contributed by atoms with E-state index in [-0.39, 0.29) is 11.8 Å². The fraction of sp³-hybridized carbons (Fsp3) is 0.280. The van der Waals surface area contributed by atoms with Crippen molar-refractivity contribution in [2.75, 3.05) is 11.9 Å². The summed E-state index contributed by atoms with van der Waals surface area (Å²) in [7, 11) is 0. The number of nitrogens with zero attached hydrogens (tertiary/aromatic N) is 5. The molecule has 8 nitrogen and oxygen atoms in total. The number of nitrogens with one attached hydrogen (secondary N) is 1. The van der Waals surface area contributed by atoms with Crippen LogP contribution < -0.4 is 10.1 Å². The molecule has 0 unspecified atom stereocenters. The molecular formula is C25H24N6O2. The molecule has 1 saturated carbocycles. The van der Waals surface area contributed by atoms with Crippen molar-refractivity contribution in [1.82, 2.24) is 19.3 Å². The van der Waals surface area contributed by atoms with Gasteiger partial charge in [-0.25, -0.2) is 0 Å². The average Bonchev–Trinajstić information content (AvgIpc) is 3.47. The molecule has 1 aliphatic rings. The summed E-state index contributed by atoms with van der Waals surface area (Å²) >= 11 is 0. The van der Waals surface area contributed by atoms with Gasteiger partial charge in [0, 0.05) is 29.6 Å². The molecule has 2 heterocycles. The number of benzene rings is 2. The lowest BCUT2D eigenvalue weighted by molar-refractivity contribution is -0.117. The van der Waals surface area contributed by atoms with Gasteiger partial charge in [0.05, 0.1) is 23.3 Å². The van der Waals surface area contributed by atoms with E-state index in [1.165, 1.54) is 0 Å². The van der Waals surface area contributed by atoms with E-state index >= 15 is 0 Å². The normalized spacial score (nSPS) is 13.1. The van der Waals surface area contributed by atoms with Crippen LogP contribution in [-0.4, -0.2) is 31.8 Å². The van der Waals surface area contributed by atoms with Crippen LogP contribution >= 0.6 is 0 Å². The summed E-state index contributed by atoms with van der Waals surface area (Å²) in [4.78, 5) is 12.0. The Hall–Kier alpha value is -4.12. The molecule has 1 aliphatic carbocycles. The van der Waals surface area contributed by atoms with Gasteiger partial charge in [-0.2, -0.15) is 5.26 Å². The number of aryl methyl sites for hydroxylation is 1. The first kappa shape index (κ1) is 20.8. The number of rotatable bonds is 8. The maximum absolute atomic E-state index is 12.0. The lowest BCUT2D eigenvalue weighted by atomic mass is 10.1. The van der Waals surface area contributed by atoms with Crippen molar-refractivity contribution in [3.63, 3.8) is 0 Å². The lowest BCUT2D eigenvalue weighted by Crippen LogP contribution is -2.13. The van der Waals surface area contributed by atoms with Crippen LogP contribution in [0.2, 0.25) is 0 Å². The van der Waals surface area contributed by atoms with Crippen molar-refractivity contribution in [3.8, 4) is 23.1 Å². The summed E-state index contributed by atoms with van der Waals surface area (Å²) in [5.41, 5.74) is 4.17. The van der Waals surface area contributed by atoms with Gasteiger partial charge in [-0.15, -0.1) is 10.2 Å². The van der Waals surface area contributed by atoms with Gasteiger partial charge in [0.25, 0.3) is 0 Å². The molecule has 4 aromatic rings. The predicted octanol–water partition coefficient (Wildman–Crippen LogP) is 4.22. The number of hydrogen-bond donors (Lipinski definition) is 1. The van der Waals surface area contributed by atoms with Gasteiger partial charge in [0.1, 0.15) is 31.1 Å². The maximum Gasteiger partial charge on any atom is 0.227 e. The lowest BCUT2D eigenvalue weighted by Gasteiger charge is -2.11. The zero-order valence-electron chi connectivity index (χ0n) is 18.4. The highest BCUT2D eigenvalue weighted by molar-refractivity contribution is 5.96. The molecule has 2 aromatic heterocycles. The van der Waals surface area contributed by atoms with Crippen molar-refractivity contribution in [2.45, 2.75) is 32.9 Å². The van der Waals surface area contributed by atoms with E-state index in [1.807, 2.05) is 47.0 Å². The summed E-state index contributed by atoms with van der Waals surface area (Å²) in [5.74, 6) is 0.988. The minimum atomic E-state index is 0.0833. The zero-order valence-corrected chi connectivity index (χ0v) is 18.4. The molecule has 166 valence electrons. The fourth-order valence-electron chi connectivity index (χ4n) is 4.07. The van der Waals surface area contributed by atoms with Crippen molar-refractivity contribution in [1.29, 1.82) is 5.26 Å². The number of carbonyl (C=O) groups excluding carboxylic acids is 1. The Morgan fingerprint density at radius 1 is 1.18 bits per heavy atom. The number of nitriles is 1. The Kier molecular flexibility index (Phi) is 5.53. The summed E-state index contributed by atoms with van der Waals surface area (Å²) in [6, 6.07) is 15.9. The van der Waals surface area contributed by atoms with E-state index in [2.05, 4.69) is 33.1 Å². The number of anilines is 1. The molecule has 0 atom stereocenters. The van der Waals surface area contributed by atoms with Crippen molar-refractivity contribution < 1.29 is 9.53 Å². The Labute approximate surface area is 191 Å². The molecule has 33 heavy (non-hydrogen) atoms. The first-order valence-corrected chi connectivity index (χ1v) is 11.1. The molecule has 1 N–H and O–H groups in total. The number of aromatic nitrogens is 4. The fourth-order valence-corrected chi connectivity index (χ4v) is 4.07. The Morgan fingerprint density at radius 2 is 1.94 bits per heavy atom. The number of ether oxygens (including phenoxy) is 1. The summed E-state index contributed by atoms with van der Waals surface area (Å²) in [6.07, 6.45) is 5.25. The van der Waals surface area contributed by atoms with Crippen LogP contribution in [0.5, 0.6) is 5.75 Å². The minimum absolute atomic E-state index is 0.0833. The predicted molar refractivity (Wildman–Crippen MR) is 125 cm³/mol. The molecule has 0 saturated heterocycles. The third-order valence-electron chi connectivity index (χ3n) is 5.92. The van der Waals surface area contributed by atoms with Crippen LogP contribution in [0.3, 0.4) is 0 Å². The van der Waals surface area contributed by atoms with Crippen LogP contribution in [0.15, 0.2) is 55.1 Å². The average molecular weight is 441 g/mol. The van der Waals surface area contributed by atoms with E-state index < -0.39 is 0 Å². The molecule has 2 aromatic carbocycles. The molecule has 1 amide bonds. The second-order valence-corrected chi connectivity index (χ2v) is 8.15. The molecule has 0 radical (unpaired) electrons. The summed E-state index contributed by atoms with van der Waals surface area (Å²) in [5, 5.41) is 21.4. The van der Waals surface area contributed by atoms with E-state index in [4.69, 9.17) is 4.74 Å². The van der Waals surface area contributed by atoms with E-state index in [9.17, 15) is 10.1 Å². The second-order valence-electron chi connectivity index (χ2n) is 8.15. The number of fused-ring (bicyclic) bond motifs is 1. The highest BCUT2D eigenvalue weighted by Crippen LogP contribution is 2.36. The van der Waals surface area contributed by atoms with E-state index in [1.54, 1.807) is 12.7 Å². The maximum atomic E-state index is 12.0. The molecular weight excluding hydrogens is 416 g/mol. The highest BCUT2D eigenvalue weighted by atomic mass is 16.5. The third kappa shape index (κ3) is 4.17. The van der Waals surface area contributed by atoms with Gasteiger partial charge in [-0.3, -0.25) is 4.79 Å². The van der Waals surface area contributed by atoms with Crippen LogP contribution in [-0.2, 0) is 17.9 Å². The second kappa shape index (κ2) is 8.79. The van der Waals surface area contributed by atoms with Crippen LogP contribution in [0.1, 0.15) is 25.3 Å². The standard InChI is InChI=1S/C25H24N6O2/c1-2-31-23-13-20(33-12-11-30-15-27-28-16-30)9-10-21(23)22(14-26)24(31)17-5-7-19(8-6-17)29-25(32)18-3-4-18/h5-10,13,15-16,18H,2-4,11-12H2,1H3,(H,29,32). The monoisotopic (exact) mass is 440 g/mol. The largest absolute Gasteiger partial charge is 0.492 e. The topological polar surface area (TPSA) is 97.8 Å². The SMILES string of the molecule is CCn1c(-c2ccc(NC(=O)C3CC3)cc2)c(C#N)c2ccc(OCCn3cnnc3)cc21. The first-order chi connectivity index (χ1) is 16.2. The highest BCUT2D eigenvalue weighted by Gasteiger charge is 2.29. The summed E-state index contributed by atoms with van der Waals surface area (Å²) in [6.45, 7) is 3.91. The quantitative estimate of drug-likeness (QED) is 0.442. The van der Waals surface area contributed by atoms with Gasteiger partial charge in [-0.05, 0) is 49.6 Å². The van der Waals surface area contributed by atoms with Gasteiger partial charge in [0.2, 0.25) is 5.91 Å². The summed E-state index contributed by atoms with van der Waals surface area (Å²) < 4.78 is 9.93. The first-order valence-electron chi connectivity index (χ1n) is 11.1. The van der Waals surface area contributed by atoms with Gasteiger partial charge >= 0.3 is 0 Å². The Bertz CT molecular complexity index is 1330. The van der Waals surface area contributed by atoms with Crippen molar-refractivity contribution in [2.24, 2.45) is 5.92 Å². The molecule has 5 rings (SSSR count). The van der Waals surface area contributed by atoms with Crippen LogP contribution in [0, 0.1) is 17.2 Å². The van der Waals surface area contributed by atoms with Crippen LogP contribution in [0.4, 0.5) is 5.69 Å². The Morgan fingerprint density at radius 3 is 2.61 bits per heavy atom. The third-order valence-corrected chi connectivity index (χ3v) is 5.92. The smallest absolute Gasteiger partial charge is 0.227 e. The van der Waals surface area contributed by atoms with Crippen LogP contribution in [0.25, 0.3) is 22.2 Å². The van der Waals surface area contributed by atoms with Gasteiger partial charge < -0.3 is 19.2 Å². The molecule has 8 heteroatoms. The number of amides is 1. The molecule has 0 bridgehead atoms. The Balaban J connectivity index is 1.43. The van der Waals surface area contributed by atoms with Crippen molar-refractivity contribution >= 4 is 22.5 Å². The van der Waals surface area contributed by atoms with E-state index in [0.717, 1.165) is 46.4 Å². The minimum Gasteiger partial charge on any atom is -0.492 e. The van der Waals surface area contributed by atoms with E-state index in [0.29, 0.717) is 25.3 Å².